The number of halogens is 1. The zero-order chi connectivity index (χ0) is 3.41. The van der Waals surface area contributed by atoms with Gasteiger partial charge in [0.2, 0.25) is 0 Å². The molecule has 27 valence electrons. The van der Waals surface area contributed by atoms with Crippen LogP contribution in [0.2, 0.25) is 0 Å². The Balaban J connectivity index is 0. The zero-order valence-corrected chi connectivity index (χ0v) is 5.94. The van der Waals surface area contributed by atoms with Gasteiger partial charge >= 0.3 is 0 Å². The van der Waals surface area contributed by atoms with E-state index in [1.54, 1.807) is 5.67 Å². The van der Waals surface area contributed by atoms with E-state index in [0.717, 1.165) is 0 Å². The quantitative estimate of drug-likeness (QED) is 0.243. The Hall–Kier alpha value is 0.864. The summed E-state index contributed by atoms with van der Waals surface area (Å²) >= 11 is 4.52. The summed E-state index contributed by atoms with van der Waals surface area (Å²) in [5.74, 6) is 0. The van der Waals surface area contributed by atoms with E-state index in [-0.39, 0.29) is 32.7 Å². The molecule has 2 nitrogen and oxygen atoms in total. The molecule has 0 atom stereocenters. The minimum atomic E-state index is 0. The predicted octanol–water partition coefficient (Wildman–Crippen LogP) is 0.517. The van der Waals surface area contributed by atoms with Crippen LogP contribution in [0.15, 0.2) is 5.16 Å². The van der Waals surface area contributed by atoms with Crippen LogP contribution in [0.1, 0.15) is 0 Å². The predicted molar refractivity (Wildman–Crippen MR) is 15.1 cm³/mol. The van der Waals surface area contributed by atoms with Crippen molar-refractivity contribution in [1.29, 1.82) is 0 Å². The summed E-state index contributed by atoms with van der Waals surface area (Å²) in [6.07, 6.45) is 0. The molecule has 0 saturated carbocycles. The second kappa shape index (κ2) is 8.85. The van der Waals surface area contributed by atoms with Gasteiger partial charge in [-0.05, 0) is 0 Å². The van der Waals surface area contributed by atoms with Gasteiger partial charge in [0.1, 0.15) is 0 Å². The van der Waals surface area contributed by atoms with Crippen molar-refractivity contribution in [3.8, 4) is 0 Å². The fourth-order valence-corrected chi connectivity index (χ4v) is 0. The first-order valence-corrected chi connectivity index (χ1v) is 0.991. The third-order valence-corrected chi connectivity index (χ3v) is 0.113. The Morgan fingerprint density at radius 3 is 2.00 bits per heavy atom. The molecule has 0 aliphatic rings. The molecule has 0 aromatic heterocycles. The number of rotatable bonds is 0. The SMILES string of the molecule is ON=[C-]Cl.[Y]. The average Bonchev–Trinajstić information content (AvgIpc) is 1.37. The van der Waals surface area contributed by atoms with Crippen LogP contribution in [0.4, 0.5) is 0 Å². The summed E-state index contributed by atoms with van der Waals surface area (Å²) in [6, 6.07) is 0. The number of hydrogen-bond donors (Lipinski definition) is 1. The van der Waals surface area contributed by atoms with Crippen LogP contribution in [0.3, 0.4) is 0 Å². The van der Waals surface area contributed by atoms with Crippen LogP contribution in [0.25, 0.3) is 0 Å². The van der Waals surface area contributed by atoms with Crippen LogP contribution in [-0.2, 0) is 32.7 Å². The van der Waals surface area contributed by atoms with E-state index in [2.05, 4.69) is 16.8 Å². The van der Waals surface area contributed by atoms with E-state index in [9.17, 15) is 0 Å². The van der Waals surface area contributed by atoms with Gasteiger partial charge in [0.05, 0.1) is 0 Å². The van der Waals surface area contributed by atoms with Crippen molar-refractivity contribution in [2.75, 3.05) is 0 Å². The van der Waals surface area contributed by atoms with Crippen LogP contribution < -0.4 is 0 Å². The van der Waals surface area contributed by atoms with Crippen molar-refractivity contribution >= 4 is 17.3 Å². The smallest absolute Gasteiger partial charge is 0 e. The van der Waals surface area contributed by atoms with E-state index >= 15 is 0 Å². The van der Waals surface area contributed by atoms with E-state index in [1.807, 2.05) is 0 Å². The van der Waals surface area contributed by atoms with Gasteiger partial charge < -0.3 is 16.8 Å². The van der Waals surface area contributed by atoms with Crippen molar-refractivity contribution in [3.05, 3.63) is 0 Å². The molecule has 0 aromatic carbocycles. The Kier molecular flexibility index (Phi) is 16.5. The van der Waals surface area contributed by atoms with E-state index < -0.39 is 0 Å². The van der Waals surface area contributed by atoms with Crippen molar-refractivity contribution < 1.29 is 37.9 Å². The molecule has 0 aliphatic heterocycles. The summed E-state index contributed by atoms with van der Waals surface area (Å²) in [6.45, 7) is 0. The van der Waals surface area contributed by atoms with E-state index in [4.69, 9.17) is 5.21 Å². The summed E-state index contributed by atoms with van der Waals surface area (Å²) in [5, 5.41) is 9.51. The van der Waals surface area contributed by atoms with Gasteiger partial charge in [0.15, 0.2) is 0 Å². The molecule has 1 N–H and O–H groups in total. The molecular weight excluding hydrogens is 166 g/mol. The first-order chi connectivity index (χ1) is 1.91. The van der Waals surface area contributed by atoms with Crippen LogP contribution in [0.5, 0.6) is 0 Å². The second-order valence-electron chi connectivity index (χ2n) is 0.185. The van der Waals surface area contributed by atoms with E-state index in [1.165, 1.54) is 0 Å². The molecule has 0 fully saturated rings. The van der Waals surface area contributed by atoms with Crippen LogP contribution in [0, 0.1) is 0 Å². The van der Waals surface area contributed by atoms with Gasteiger partial charge in [-0.2, -0.15) is 0 Å². The van der Waals surface area contributed by atoms with Gasteiger partial charge in [0, 0.05) is 32.7 Å². The van der Waals surface area contributed by atoms with Gasteiger partial charge in [-0.3, -0.25) is 10.8 Å². The fourth-order valence-electron chi connectivity index (χ4n) is 0. The van der Waals surface area contributed by atoms with Crippen molar-refractivity contribution in [3.63, 3.8) is 0 Å². The molecular formula is CHClNOY-. The summed E-state index contributed by atoms with van der Waals surface area (Å²) < 4.78 is 0. The van der Waals surface area contributed by atoms with Crippen LogP contribution >= 0.6 is 11.6 Å². The maximum atomic E-state index is 7.26. The zero-order valence-electron chi connectivity index (χ0n) is 2.35. The Bertz CT molecular complexity index is 26.8. The van der Waals surface area contributed by atoms with Gasteiger partial charge in [-0.15, -0.1) is 0 Å². The molecule has 5 heavy (non-hydrogen) atoms. The Labute approximate surface area is 60.1 Å². The maximum absolute atomic E-state index is 7.26. The molecule has 0 heterocycles. The molecule has 0 spiro atoms. The average molecular weight is 167 g/mol. The van der Waals surface area contributed by atoms with Gasteiger partial charge in [-0.25, -0.2) is 0 Å². The standard InChI is InChI=1S/CHClNO.Y/c2-1-3-4;/h4H;/q-1;. The molecule has 1 radical (unpaired) electrons. The van der Waals surface area contributed by atoms with Crippen LogP contribution in [-0.4, -0.2) is 10.9 Å². The third kappa shape index (κ3) is 11.5. The molecule has 0 unspecified atom stereocenters. The van der Waals surface area contributed by atoms with E-state index in [0.29, 0.717) is 0 Å². The second-order valence-corrected chi connectivity index (χ2v) is 0.354. The topological polar surface area (TPSA) is 32.6 Å². The summed E-state index contributed by atoms with van der Waals surface area (Å²) in [5.41, 5.74) is 1.58. The Morgan fingerprint density at radius 2 is 2.00 bits per heavy atom. The molecule has 0 aliphatic carbocycles. The maximum Gasteiger partial charge on any atom is 0 e. The molecule has 0 saturated heterocycles. The molecule has 0 bridgehead atoms. The molecule has 0 rings (SSSR count). The first kappa shape index (κ1) is 9.29. The molecule has 0 aromatic rings. The minimum absolute atomic E-state index is 0. The molecule has 4 heteroatoms. The third-order valence-electron chi connectivity index (χ3n) is 0.0378. The summed E-state index contributed by atoms with van der Waals surface area (Å²) in [4.78, 5) is 0. The largest absolute Gasteiger partial charge is 0.446 e. The minimum Gasteiger partial charge on any atom is -0.446 e. The Morgan fingerprint density at radius 1 is 1.80 bits per heavy atom. The fraction of sp³-hybridized carbons (Fsp3) is 0. The monoisotopic (exact) mass is 167 g/mol. The number of hydrogen-bond acceptors (Lipinski definition) is 2. The number of nitrogens with zero attached hydrogens (tertiary/aromatic N) is 1. The van der Waals surface area contributed by atoms with Crippen molar-refractivity contribution in [2.24, 2.45) is 5.16 Å². The molecule has 0 amide bonds. The van der Waals surface area contributed by atoms with Crippen molar-refractivity contribution in [2.45, 2.75) is 0 Å². The van der Waals surface area contributed by atoms with Gasteiger partial charge in [0.25, 0.3) is 0 Å². The summed E-state index contributed by atoms with van der Waals surface area (Å²) in [7, 11) is 0. The first-order valence-electron chi connectivity index (χ1n) is 0.613. The normalized spacial score (nSPS) is 7.40. The van der Waals surface area contributed by atoms with Gasteiger partial charge in [-0.1, -0.05) is 0 Å². The van der Waals surface area contributed by atoms with Crippen molar-refractivity contribution in [1.82, 2.24) is 0 Å².